The van der Waals surface area contributed by atoms with Crippen LogP contribution >= 0.6 is 0 Å². The second-order valence-electron chi connectivity index (χ2n) is 3.17. The quantitative estimate of drug-likeness (QED) is 0.467. The molecule has 90 valence electrons. The summed E-state index contributed by atoms with van der Waals surface area (Å²) >= 11 is 0. The second-order valence-corrected chi connectivity index (χ2v) is 3.17. The highest BCUT2D eigenvalue weighted by molar-refractivity contribution is 5.83. The molecule has 0 amide bonds. The minimum absolute atomic E-state index is 0.0738. The molecule has 7 nitrogen and oxygen atoms in total. The Balaban J connectivity index is 3.37. The van der Waals surface area contributed by atoms with Gasteiger partial charge in [0, 0.05) is 5.56 Å². The number of ether oxygens (including phenoxy) is 1. The van der Waals surface area contributed by atoms with E-state index in [-0.39, 0.29) is 23.3 Å². The van der Waals surface area contributed by atoms with Crippen LogP contribution in [0.25, 0.3) is 0 Å². The van der Waals surface area contributed by atoms with Gasteiger partial charge in [0.25, 0.3) is 5.69 Å². The van der Waals surface area contributed by atoms with Gasteiger partial charge in [-0.05, 0) is 6.07 Å². The Labute approximate surface area is 95.8 Å². The third kappa shape index (κ3) is 2.77. The van der Waals surface area contributed by atoms with Crippen LogP contribution in [-0.2, 0) is 11.2 Å². The molecule has 0 aliphatic heterocycles. The summed E-state index contributed by atoms with van der Waals surface area (Å²) in [6.45, 7) is 0. The minimum Gasteiger partial charge on any atom is -0.496 e. The highest BCUT2D eigenvalue weighted by atomic mass is 16.6. The summed E-state index contributed by atoms with van der Waals surface area (Å²) in [5.41, 5.74) is -0.370. The maximum atomic E-state index is 10.7. The first-order valence-electron chi connectivity index (χ1n) is 4.52. The van der Waals surface area contributed by atoms with E-state index in [1.54, 1.807) is 0 Å². The van der Waals surface area contributed by atoms with Crippen molar-refractivity contribution in [3.8, 4) is 5.75 Å². The predicted molar refractivity (Wildman–Crippen MR) is 56.4 cm³/mol. The largest absolute Gasteiger partial charge is 0.496 e. The number of carbonyl (C=O) groups is 2. The van der Waals surface area contributed by atoms with E-state index >= 15 is 0 Å². The van der Waals surface area contributed by atoms with Gasteiger partial charge in [0.1, 0.15) is 5.75 Å². The molecule has 7 heteroatoms. The maximum absolute atomic E-state index is 10.7. The number of carboxylic acid groups (broad SMARTS) is 1. The summed E-state index contributed by atoms with van der Waals surface area (Å²) in [5.74, 6) is -1.04. The van der Waals surface area contributed by atoms with Crippen molar-refractivity contribution in [1.82, 2.24) is 0 Å². The number of hydrogen-bond donors (Lipinski definition) is 1. The van der Waals surface area contributed by atoms with E-state index in [4.69, 9.17) is 9.84 Å². The number of nitro groups is 1. The molecule has 1 N–H and O–H groups in total. The molecule has 0 aliphatic carbocycles. The summed E-state index contributed by atoms with van der Waals surface area (Å²) in [4.78, 5) is 31.2. The average Bonchev–Trinajstić information content (AvgIpc) is 2.27. The highest BCUT2D eigenvalue weighted by Crippen LogP contribution is 2.28. The van der Waals surface area contributed by atoms with Gasteiger partial charge in [0.15, 0.2) is 6.29 Å². The lowest BCUT2D eigenvalue weighted by atomic mass is 10.1. The standard InChI is InChI=1S/C10H9NO6/c1-17-9-4-8(11(15)16)7(5-12)2-6(9)3-10(13)14/h2,4-5H,3H2,1H3,(H,13,14). The second kappa shape index (κ2) is 5.06. The van der Waals surface area contributed by atoms with Crippen LogP contribution in [0.5, 0.6) is 5.75 Å². The van der Waals surface area contributed by atoms with Crippen LogP contribution in [0.4, 0.5) is 5.69 Å². The molecule has 0 saturated carbocycles. The van der Waals surface area contributed by atoms with Crippen molar-refractivity contribution < 1.29 is 24.4 Å². The van der Waals surface area contributed by atoms with Gasteiger partial charge in [-0.25, -0.2) is 0 Å². The van der Waals surface area contributed by atoms with E-state index in [9.17, 15) is 19.7 Å². The maximum Gasteiger partial charge on any atom is 0.307 e. The Bertz CT molecular complexity index is 482. The molecule has 17 heavy (non-hydrogen) atoms. The first-order chi connectivity index (χ1) is 7.99. The van der Waals surface area contributed by atoms with E-state index in [1.807, 2.05) is 0 Å². The zero-order valence-electron chi connectivity index (χ0n) is 8.87. The zero-order valence-corrected chi connectivity index (χ0v) is 8.87. The van der Waals surface area contributed by atoms with Crippen LogP contribution in [-0.4, -0.2) is 29.4 Å². The number of aldehydes is 1. The number of hydrogen-bond acceptors (Lipinski definition) is 5. The van der Waals surface area contributed by atoms with Gasteiger partial charge >= 0.3 is 5.97 Å². The first kappa shape index (κ1) is 12.6. The molecule has 0 aliphatic rings. The number of carboxylic acids is 1. The minimum atomic E-state index is -1.12. The summed E-state index contributed by atoms with van der Waals surface area (Å²) in [7, 11) is 1.27. The molecule has 0 atom stereocenters. The number of carbonyl (C=O) groups excluding carboxylic acids is 1. The van der Waals surface area contributed by atoms with Crippen LogP contribution in [0, 0.1) is 10.1 Å². The predicted octanol–water partition coefficient (Wildman–Crippen LogP) is 1.04. The van der Waals surface area contributed by atoms with Gasteiger partial charge in [-0.2, -0.15) is 0 Å². The lowest BCUT2D eigenvalue weighted by Gasteiger charge is -2.07. The molecule has 0 aromatic heterocycles. The fourth-order valence-corrected chi connectivity index (χ4v) is 1.38. The monoisotopic (exact) mass is 239 g/mol. The smallest absolute Gasteiger partial charge is 0.307 e. The number of nitro benzene ring substituents is 1. The first-order valence-corrected chi connectivity index (χ1v) is 4.52. The van der Waals surface area contributed by atoms with Gasteiger partial charge in [-0.15, -0.1) is 0 Å². The van der Waals surface area contributed by atoms with E-state index < -0.39 is 16.6 Å². The van der Waals surface area contributed by atoms with Gasteiger partial charge in [0.05, 0.1) is 30.1 Å². The molecule has 1 aromatic rings. The van der Waals surface area contributed by atoms with Crippen molar-refractivity contribution in [3.05, 3.63) is 33.4 Å². The average molecular weight is 239 g/mol. The Hall–Kier alpha value is -2.44. The van der Waals surface area contributed by atoms with E-state index in [0.29, 0.717) is 6.29 Å². The summed E-state index contributed by atoms with van der Waals surface area (Å²) in [6.07, 6.45) is -0.0646. The number of benzene rings is 1. The lowest BCUT2D eigenvalue weighted by Crippen LogP contribution is -2.05. The van der Waals surface area contributed by atoms with Crippen molar-refractivity contribution in [1.29, 1.82) is 0 Å². The molecule has 0 heterocycles. The number of methoxy groups -OCH3 is 1. The third-order valence-electron chi connectivity index (χ3n) is 2.10. The molecule has 0 spiro atoms. The number of aliphatic carboxylic acids is 1. The van der Waals surface area contributed by atoms with E-state index in [0.717, 1.165) is 12.1 Å². The molecule has 0 fully saturated rings. The topological polar surface area (TPSA) is 107 Å². The van der Waals surface area contributed by atoms with Crippen LogP contribution in [0.15, 0.2) is 12.1 Å². The fraction of sp³-hybridized carbons (Fsp3) is 0.200. The third-order valence-corrected chi connectivity index (χ3v) is 2.10. The van der Waals surface area contributed by atoms with Crippen LogP contribution in [0.1, 0.15) is 15.9 Å². The fourth-order valence-electron chi connectivity index (χ4n) is 1.38. The number of nitrogens with zero attached hydrogens (tertiary/aromatic N) is 1. The van der Waals surface area contributed by atoms with Crippen molar-refractivity contribution >= 4 is 17.9 Å². The summed E-state index contributed by atoms with van der Waals surface area (Å²) in [5, 5.41) is 19.3. The van der Waals surface area contributed by atoms with Gasteiger partial charge in [-0.3, -0.25) is 19.7 Å². The van der Waals surface area contributed by atoms with Gasteiger partial charge in [0.2, 0.25) is 0 Å². The molecule has 0 saturated heterocycles. The van der Waals surface area contributed by atoms with Crippen LogP contribution < -0.4 is 4.74 Å². The Kier molecular flexibility index (Phi) is 3.76. The van der Waals surface area contributed by atoms with Gasteiger partial charge < -0.3 is 9.84 Å². The molecule has 0 unspecified atom stereocenters. The van der Waals surface area contributed by atoms with Crippen LogP contribution in [0.3, 0.4) is 0 Å². The highest BCUT2D eigenvalue weighted by Gasteiger charge is 2.19. The molecule has 0 radical (unpaired) electrons. The van der Waals surface area contributed by atoms with Crippen molar-refractivity contribution in [3.63, 3.8) is 0 Å². The molecular weight excluding hydrogens is 230 g/mol. The summed E-state index contributed by atoms with van der Waals surface area (Å²) < 4.78 is 4.85. The van der Waals surface area contributed by atoms with Crippen molar-refractivity contribution in [2.75, 3.05) is 7.11 Å². The SMILES string of the molecule is COc1cc([N+](=O)[O-])c(C=O)cc1CC(=O)O. The van der Waals surface area contributed by atoms with E-state index in [2.05, 4.69) is 0 Å². The van der Waals surface area contributed by atoms with Crippen molar-refractivity contribution in [2.45, 2.75) is 6.42 Å². The molecule has 0 bridgehead atoms. The molecular formula is C10H9NO6. The van der Waals surface area contributed by atoms with Gasteiger partial charge in [-0.1, -0.05) is 0 Å². The lowest BCUT2D eigenvalue weighted by molar-refractivity contribution is -0.385. The molecule has 1 rings (SSSR count). The Morgan fingerprint density at radius 2 is 2.24 bits per heavy atom. The Morgan fingerprint density at radius 3 is 2.65 bits per heavy atom. The van der Waals surface area contributed by atoms with E-state index in [1.165, 1.54) is 7.11 Å². The number of rotatable bonds is 5. The zero-order chi connectivity index (χ0) is 13.0. The molecule has 1 aromatic carbocycles. The Morgan fingerprint density at radius 1 is 1.59 bits per heavy atom. The normalized spacial score (nSPS) is 9.71. The van der Waals surface area contributed by atoms with Crippen LogP contribution in [0.2, 0.25) is 0 Å². The summed E-state index contributed by atoms with van der Waals surface area (Å²) in [6, 6.07) is 2.19. The van der Waals surface area contributed by atoms with Crippen molar-refractivity contribution in [2.24, 2.45) is 0 Å².